The molecule has 0 bridgehead atoms. The van der Waals surface area contributed by atoms with Crippen molar-refractivity contribution in [2.24, 2.45) is 5.73 Å². The Morgan fingerprint density at radius 1 is 1.33 bits per heavy atom. The van der Waals surface area contributed by atoms with E-state index in [1.807, 2.05) is 6.26 Å². The van der Waals surface area contributed by atoms with Gasteiger partial charge in [-0.25, -0.2) is 0 Å². The van der Waals surface area contributed by atoms with Gasteiger partial charge in [0.25, 0.3) is 10.1 Å². The average molecular weight is 341 g/mol. The summed E-state index contributed by atoms with van der Waals surface area (Å²) in [5.41, 5.74) is 5.67. The molecule has 0 fully saturated rings. The highest BCUT2D eigenvalue weighted by molar-refractivity contribution is 7.98. The molecule has 8 nitrogen and oxygen atoms in total. The molecule has 5 N–H and O–H groups in total. The van der Waals surface area contributed by atoms with Gasteiger partial charge in [-0.3, -0.25) is 14.1 Å². The second kappa shape index (κ2) is 9.98. The zero-order valence-electron chi connectivity index (χ0n) is 12.2. The summed E-state index contributed by atoms with van der Waals surface area (Å²) < 4.78 is 29.5. The summed E-state index contributed by atoms with van der Waals surface area (Å²) in [4.78, 5) is 23.3. The quantitative estimate of drug-likeness (QED) is 0.294. The first-order chi connectivity index (χ1) is 9.67. The van der Waals surface area contributed by atoms with Crippen LogP contribution in [-0.4, -0.2) is 61.2 Å². The minimum Gasteiger partial charge on any atom is -0.354 e. The normalized spacial score (nSPS) is 14.3. The van der Waals surface area contributed by atoms with Crippen molar-refractivity contribution in [2.75, 3.05) is 24.3 Å². The first-order valence-corrected chi connectivity index (χ1v) is 9.45. The fourth-order valence-electron chi connectivity index (χ4n) is 1.38. The fourth-order valence-corrected chi connectivity index (χ4v) is 2.38. The molecule has 124 valence electrons. The van der Waals surface area contributed by atoms with E-state index >= 15 is 0 Å². The smallest absolute Gasteiger partial charge is 0.264 e. The summed E-state index contributed by atoms with van der Waals surface area (Å²) >= 11 is 1.58. The van der Waals surface area contributed by atoms with Crippen LogP contribution in [0, 0.1) is 0 Å². The van der Waals surface area contributed by atoms with Gasteiger partial charge in [0.05, 0.1) is 11.8 Å². The summed E-state index contributed by atoms with van der Waals surface area (Å²) in [6.45, 7) is 1.61. The zero-order valence-corrected chi connectivity index (χ0v) is 13.8. The van der Waals surface area contributed by atoms with Crippen LogP contribution in [0.15, 0.2) is 0 Å². The maximum absolute atomic E-state index is 11.7. The molecular formula is C11H23N3O5S2. The number of thioether (sulfide) groups is 1. The molecule has 0 aromatic heterocycles. The van der Waals surface area contributed by atoms with E-state index in [1.165, 1.54) is 6.92 Å². The van der Waals surface area contributed by atoms with Crippen molar-refractivity contribution >= 4 is 33.7 Å². The fraction of sp³-hybridized carbons (Fsp3) is 0.818. The zero-order chi connectivity index (χ0) is 16.5. The van der Waals surface area contributed by atoms with Crippen LogP contribution in [0.5, 0.6) is 0 Å². The SMILES string of the molecule is CSCC[C@H](N)C(=O)N[C@@H](C)C(=O)NCCCS(=O)(=O)O. The molecule has 10 heteroatoms. The van der Waals surface area contributed by atoms with Crippen LogP contribution >= 0.6 is 11.8 Å². The van der Waals surface area contributed by atoms with Crippen LogP contribution in [0.2, 0.25) is 0 Å². The summed E-state index contributed by atoms with van der Waals surface area (Å²) in [5, 5.41) is 4.96. The summed E-state index contributed by atoms with van der Waals surface area (Å²) in [6, 6.07) is -1.42. The van der Waals surface area contributed by atoms with Gasteiger partial charge in [0.15, 0.2) is 0 Å². The largest absolute Gasteiger partial charge is 0.354 e. The average Bonchev–Trinajstić information content (AvgIpc) is 2.39. The maximum Gasteiger partial charge on any atom is 0.264 e. The first kappa shape index (κ1) is 20.2. The number of hydrogen-bond donors (Lipinski definition) is 4. The third kappa shape index (κ3) is 10.5. The number of carbonyl (C=O) groups excluding carboxylic acids is 2. The summed E-state index contributed by atoms with van der Waals surface area (Å²) in [5.74, 6) is -0.501. The van der Waals surface area contributed by atoms with E-state index in [9.17, 15) is 18.0 Å². The number of nitrogens with one attached hydrogen (secondary N) is 2. The van der Waals surface area contributed by atoms with Crippen LogP contribution < -0.4 is 16.4 Å². The molecule has 2 amide bonds. The Hall–Kier alpha value is -0.840. The third-order valence-electron chi connectivity index (χ3n) is 2.60. The van der Waals surface area contributed by atoms with E-state index in [1.54, 1.807) is 11.8 Å². The Balaban J connectivity index is 4.01. The number of rotatable bonds is 10. The van der Waals surface area contributed by atoms with Gasteiger partial charge < -0.3 is 16.4 Å². The summed E-state index contributed by atoms with van der Waals surface area (Å²) in [6.07, 6.45) is 2.53. The molecule has 0 aliphatic carbocycles. The van der Waals surface area contributed by atoms with Gasteiger partial charge in [0, 0.05) is 6.54 Å². The van der Waals surface area contributed by atoms with E-state index in [2.05, 4.69) is 10.6 Å². The van der Waals surface area contributed by atoms with E-state index in [4.69, 9.17) is 10.3 Å². The molecular weight excluding hydrogens is 318 g/mol. The Labute approximate surface area is 129 Å². The molecule has 0 heterocycles. The lowest BCUT2D eigenvalue weighted by Crippen LogP contribution is -2.50. The van der Waals surface area contributed by atoms with E-state index in [-0.39, 0.29) is 13.0 Å². The lowest BCUT2D eigenvalue weighted by atomic mass is 10.2. The standard InChI is InChI=1S/C11H23N3O5S2/c1-8(14-11(16)9(12)4-6-20-2)10(15)13-5-3-7-21(17,18)19/h8-9H,3-7,12H2,1-2H3,(H,13,15)(H,14,16)(H,17,18,19)/t8-,9-/m0/s1. The van der Waals surface area contributed by atoms with Crippen LogP contribution in [0.1, 0.15) is 19.8 Å². The highest BCUT2D eigenvalue weighted by atomic mass is 32.2. The first-order valence-electron chi connectivity index (χ1n) is 6.45. The van der Waals surface area contributed by atoms with Crippen molar-refractivity contribution in [3.8, 4) is 0 Å². The predicted molar refractivity (Wildman–Crippen MR) is 82.6 cm³/mol. The summed E-state index contributed by atoms with van der Waals surface area (Å²) in [7, 11) is -4.02. The lowest BCUT2D eigenvalue weighted by Gasteiger charge is -2.17. The van der Waals surface area contributed by atoms with E-state index in [0.29, 0.717) is 6.42 Å². The molecule has 0 saturated heterocycles. The van der Waals surface area contributed by atoms with Gasteiger partial charge in [-0.2, -0.15) is 20.2 Å². The molecule has 0 unspecified atom stereocenters. The van der Waals surface area contributed by atoms with Crippen molar-refractivity contribution in [2.45, 2.75) is 31.8 Å². The molecule has 0 saturated carbocycles. The number of nitrogens with two attached hydrogens (primary N) is 1. The van der Waals surface area contributed by atoms with Crippen molar-refractivity contribution in [1.82, 2.24) is 10.6 Å². The Bertz CT molecular complexity index is 441. The van der Waals surface area contributed by atoms with Gasteiger partial charge >= 0.3 is 0 Å². The maximum atomic E-state index is 11.7. The Morgan fingerprint density at radius 3 is 2.48 bits per heavy atom. The molecule has 0 aromatic carbocycles. The molecule has 0 aliphatic rings. The van der Waals surface area contributed by atoms with Crippen molar-refractivity contribution in [1.29, 1.82) is 0 Å². The van der Waals surface area contributed by atoms with Crippen LogP contribution in [0.25, 0.3) is 0 Å². The van der Waals surface area contributed by atoms with E-state index in [0.717, 1.165) is 5.75 Å². The third-order valence-corrected chi connectivity index (χ3v) is 4.05. The van der Waals surface area contributed by atoms with Crippen LogP contribution in [0.3, 0.4) is 0 Å². The Morgan fingerprint density at radius 2 is 1.95 bits per heavy atom. The van der Waals surface area contributed by atoms with E-state index < -0.39 is 39.8 Å². The lowest BCUT2D eigenvalue weighted by molar-refractivity contribution is -0.129. The molecule has 0 aromatic rings. The molecule has 0 rings (SSSR count). The highest BCUT2D eigenvalue weighted by Crippen LogP contribution is 1.99. The highest BCUT2D eigenvalue weighted by Gasteiger charge is 2.19. The molecule has 2 atom stereocenters. The van der Waals surface area contributed by atoms with Crippen molar-refractivity contribution in [3.63, 3.8) is 0 Å². The van der Waals surface area contributed by atoms with Crippen LogP contribution in [-0.2, 0) is 19.7 Å². The van der Waals surface area contributed by atoms with Crippen LogP contribution in [0.4, 0.5) is 0 Å². The predicted octanol–water partition coefficient (Wildman–Crippen LogP) is -1.03. The van der Waals surface area contributed by atoms with Gasteiger partial charge in [-0.15, -0.1) is 0 Å². The number of amides is 2. The monoisotopic (exact) mass is 341 g/mol. The molecule has 0 radical (unpaired) electrons. The second-order valence-electron chi connectivity index (χ2n) is 4.55. The molecule has 0 aliphatic heterocycles. The van der Waals surface area contributed by atoms with Gasteiger partial charge in [-0.05, 0) is 31.8 Å². The minimum absolute atomic E-state index is 0.0946. The second-order valence-corrected chi connectivity index (χ2v) is 7.11. The van der Waals surface area contributed by atoms with Crippen molar-refractivity contribution in [3.05, 3.63) is 0 Å². The Kier molecular flexibility index (Phi) is 9.58. The number of carbonyl (C=O) groups is 2. The van der Waals surface area contributed by atoms with Crippen molar-refractivity contribution < 1.29 is 22.6 Å². The molecule has 0 spiro atoms. The number of hydrogen-bond acceptors (Lipinski definition) is 6. The van der Waals surface area contributed by atoms with Gasteiger partial charge in [-0.1, -0.05) is 0 Å². The van der Waals surface area contributed by atoms with Gasteiger partial charge in [0.2, 0.25) is 11.8 Å². The molecule has 21 heavy (non-hydrogen) atoms. The van der Waals surface area contributed by atoms with Gasteiger partial charge in [0.1, 0.15) is 6.04 Å². The minimum atomic E-state index is -4.02. The topological polar surface area (TPSA) is 139 Å².